The van der Waals surface area contributed by atoms with Crippen molar-refractivity contribution in [3.05, 3.63) is 6.07 Å². The SMILES string of the molecule is CCCCCCOc1cc(OS(=O)(=O)O)nc(N)[n+]1N. The van der Waals surface area contributed by atoms with Crippen molar-refractivity contribution in [3.63, 3.8) is 0 Å². The van der Waals surface area contributed by atoms with Crippen LogP contribution in [0.2, 0.25) is 0 Å². The summed E-state index contributed by atoms with van der Waals surface area (Å²) >= 11 is 0. The Morgan fingerprint density at radius 3 is 2.70 bits per heavy atom. The second kappa shape index (κ2) is 7.10. The Balaban J connectivity index is 2.74. The van der Waals surface area contributed by atoms with E-state index in [0.29, 0.717) is 6.61 Å². The molecule has 0 bridgehead atoms. The van der Waals surface area contributed by atoms with E-state index in [1.165, 1.54) is 0 Å². The van der Waals surface area contributed by atoms with Crippen molar-refractivity contribution in [3.8, 4) is 11.8 Å². The van der Waals surface area contributed by atoms with Crippen LogP contribution in [0.15, 0.2) is 6.07 Å². The monoisotopic (exact) mass is 307 g/mol. The normalized spacial score (nSPS) is 11.3. The van der Waals surface area contributed by atoms with Crippen LogP contribution in [0.3, 0.4) is 0 Å². The molecule has 9 nitrogen and oxygen atoms in total. The van der Waals surface area contributed by atoms with Crippen molar-refractivity contribution < 1.29 is 26.6 Å². The van der Waals surface area contributed by atoms with E-state index in [-0.39, 0.29) is 11.8 Å². The van der Waals surface area contributed by atoms with E-state index in [2.05, 4.69) is 16.1 Å². The zero-order chi connectivity index (χ0) is 15.2. The van der Waals surface area contributed by atoms with Gasteiger partial charge in [0.1, 0.15) is 0 Å². The number of hydrogen-bond acceptors (Lipinski definition) is 7. The number of anilines is 1. The van der Waals surface area contributed by atoms with E-state index in [9.17, 15) is 8.42 Å². The maximum atomic E-state index is 10.6. The van der Waals surface area contributed by atoms with Crippen molar-refractivity contribution in [1.29, 1.82) is 0 Å². The first-order valence-corrected chi connectivity index (χ1v) is 7.47. The molecule has 1 rings (SSSR count). The third kappa shape index (κ3) is 5.45. The van der Waals surface area contributed by atoms with E-state index < -0.39 is 16.3 Å². The molecule has 1 aromatic heterocycles. The van der Waals surface area contributed by atoms with Gasteiger partial charge < -0.3 is 8.92 Å². The number of unbranched alkanes of at least 4 members (excludes halogenated alkanes) is 3. The molecule has 114 valence electrons. The Morgan fingerprint density at radius 2 is 2.10 bits per heavy atom. The molecule has 0 aliphatic rings. The van der Waals surface area contributed by atoms with E-state index >= 15 is 0 Å². The van der Waals surface area contributed by atoms with Gasteiger partial charge in [-0.25, -0.2) is 0 Å². The van der Waals surface area contributed by atoms with Crippen LogP contribution in [0, 0.1) is 0 Å². The Kier molecular flexibility index (Phi) is 5.77. The summed E-state index contributed by atoms with van der Waals surface area (Å²) in [5, 5.41) is 0. The van der Waals surface area contributed by atoms with Crippen molar-refractivity contribution in [2.24, 2.45) is 0 Å². The van der Waals surface area contributed by atoms with Gasteiger partial charge in [-0.2, -0.15) is 8.42 Å². The summed E-state index contributed by atoms with van der Waals surface area (Å²) in [6.45, 7) is 2.49. The van der Waals surface area contributed by atoms with Gasteiger partial charge in [-0.15, -0.1) is 4.68 Å². The zero-order valence-electron chi connectivity index (χ0n) is 11.2. The molecular formula is C10H19N4O5S+. The molecule has 0 aliphatic heterocycles. The Bertz CT molecular complexity index is 549. The van der Waals surface area contributed by atoms with Crippen LogP contribution in [-0.2, 0) is 10.4 Å². The molecule has 0 unspecified atom stereocenters. The largest absolute Gasteiger partial charge is 0.466 e. The van der Waals surface area contributed by atoms with E-state index in [4.69, 9.17) is 20.9 Å². The molecule has 20 heavy (non-hydrogen) atoms. The van der Waals surface area contributed by atoms with Gasteiger partial charge in [0.05, 0.1) is 12.7 Å². The van der Waals surface area contributed by atoms with E-state index in [0.717, 1.165) is 36.4 Å². The molecule has 0 fully saturated rings. The average molecular weight is 307 g/mol. The second-order valence-corrected chi connectivity index (χ2v) is 5.10. The number of nitrogens with zero attached hydrogens (tertiary/aromatic N) is 2. The van der Waals surface area contributed by atoms with Gasteiger partial charge in [0, 0.05) is 0 Å². The van der Waals surface area contributed by atoms with Crippen LogP contribution >= 0.6 is 0 Å². The van der Waals surface area contributed by atoms with Gasteiger partial charge in [0.15, 0.2) is 0 Å². The maximum Gasteiger partial charge on any atom is 0.449 e. The van der Waals surface area contributed by atoms with E-state index in [1.807, 2.05) is 0 Å². The maximum absolute atomic E-state index is 10.6. The summed E-state index contributed by atoms with van der Waals surface area (Å²) in [5.41, 5.74) is 5.48. The fraction of sp³-hybridized carbons (Fsp3) is 0.600. The third-order valence-corrected chi connectivity index (χ3v) is 2.78. The van der Waals surface area contributed by atoms with Crippen molar-refractivity contribution in [2.45, 2.75) is 32.6 Å². The van der Waals surface area contributed by atoms with Crippen LogP contribution in [0.25, 0.3) is 0 Å². The molecule has 5 N–H and O–H groups in total. The predicted octanol–water partition coefficient (Wildman–Crippen LogP) is -0.194. The molecule has 0 radical (unpaired) electrons. The molecule has 0 spiro atoms. The highest BCUT2D eigenvalue weighted by molar-refractivity contribution is 7.81. The third-order valence-electron chi connectivity index (χ3n) is 2.39. The first-order chi connectivity index (χ1) is 9.33. The highest BCUT2D eigenvalue weighted by Crippen LogP contribution is 2.15. The van der Waals surface area contributed by atoms with Crippen molar-refractivity contribution >= 4 is 16.3 Å². The molecule has 0 amide bonds. The highest BCUT2D eigenvalue weighted by atomic mass is 32.3. The summed E-state index contributed by atoms with van der Waals surface area (Å²) in [7, 11) is -4.68. The van der Waals surface area contributed by atoms with Gasteiger partial charge in [-0.05, 0) is 11.4 Å². The lowest BCUT2D eigenvalue weighted by atomic mass is 10.2. The molecule has 10 heteroatoms. The lowest BCUT2D eigenvalue weighted by molar-refractivity contribution is -0.633. The molecular weight excluding hydrogens is 288 g/mol. The van der Waals surface area contributed by atoms with Crippen LogP contribution in [0.4, 0.5) is 5.95 Å². The minimum absolute atomic E-state index is 0.0904. The quantitative estimate of drug-likeness (QED) is 0.259. The first kappa shape index (κ1) is 16.2. The van der Waals surface area contributed by atoms with Gasteiger partial charge >= 0.3 is 22.2 Å². The molecule has 0 aliphatic carbocycles. The lowest BCUT2D eigenvalue weighted by Gasteiger charge is -2.07. The van der Waals surface area contributed by atoms with Crippen molar-refractivity contribution in [2.75, 3.05) is 18.2 Å². The summed E-state index contributed by atoms with van der Waals surface area (Å²) in [4.78, 5) is 3.55. The Morgan fingerprint density at radius 1 is 1.40 bits per heavy atom. The Labute approximate surface area is 117 Å². The molecule has 0 atom stereocenters. The topological polar surface area (TPSA) is 142 Å². The fourth-order valence-electron chi connectivity index (χ4n) is 1.45. The van der Waals surface area contributed by atoms with Crippen LogP contribution in [-0.4, -0.2) is 24.6 Å². The molecule has 0 saturated carbocycles. The number of hydrogen-bond donors (Lipinski definition) is 3. The average Bonchev–Trinajstić information content (AvgIpc) is 2.32. The Hall–Kier alpha value is -1.81. The standard InChI is InChI=1S/C10H18N4O5S/c1-2-3-4-5-6-18-9-7-8(19-20(15,16)17)13-10(11)14(9)12/h7,11H,2-6,12H2,1H3,(H,15,16,17)/p+1. The minimum Gasteiger partial charge on any atom is -0.466 e. The molecule has 1 aromatic rings. The number of rotatable bonds is 8. The van der Waals surface area contributed by atoms with Gasteiger partial charge in [-0.1, -0.05) is 26.2 Å². The lowest BCUT2D eigenvalue weighted by Crippen LogP contribution is -2.49. The smallest absolute Gasteiger partial charge is 0.449 e. The minimum atomic E-state index is -4.68. The number of nitrogens with two attached hydrogens (primary N) is 2. The molecule has 0 saturated heterocycles. The van der Waals surface area contributed by atoms with Gasteiger partial charge in [0.2, 0.25) is 0 Å². The summed E-state index contributed by atoms with van der Waals surface area (Å²) < 4.78 is 40.4. The van der Waals surface area contributed by atoms with Crippen molar-refractivity contribution in [1.82, 2.24) is 4.98 Å². The molecule has 1 heterocycles. The fourth-order valence-corrected chi connectivity index (χ4v) is 1.76. The predicted molar refractivity (Wildman–Crippen MR) is 70.8 cm³/mol. The number of aromatic nitrogens is 2. The van der Waals surface area contributed by atoms with Crippen LogP contribution in [0.1, 0.15) is 32.6 Å². The highest BCUT2D eigenvalue weighted by Gasteiger charge is 2.20. The van der Waals surface area contributed by atoms with Gasteiger partial charge in [0.25, 0.3) is 5.88 Å². The van der Waals surface area contributed by atoms with Crippen LogP contribution in [0.5, 0.6) is 11.8 Å². The summed E-state index contributed by atoms with van der Waals surface area (Å²) in [5.74, 6) is 5.05. The first-order valence-electron chi connectivity index (χ1n) is 6.11. The van der Waals surface area contributed by atoms with Crippen LogP contribution < -0.4 is 25.2 Å². The van der Waals surface area contributed by atoms with E-state index in [1.54, 1.807) is 0 Å². The number of ether oxygens (including phenoxy) is 1. The van der Waals surface area contributed by atoms with Gasteiger partial charge in [-0.3, -0.25) is 16.1 Å². The second-order valence-electron chi connectivity index (χ2n) is 4.08. The summed E-state index contributed by atoms with van der Waals surface area (Å²) in [6, 6.07) is 1.13. The molecule has 0 aromatic carbocycles. The summed E-state index contributed by atoms with van der Waals surface area (Å²) in [6.07, 6.45) is 4.04. The zero-order valence-corrected chi connectivity index (χ0v) is 12.0. The number of nitrogen functional groups attached to an aromatic ring is 2.